The molecule has 0 aromatic carbocycles. The molecule has 0 N–H and O–H groups in total. The van der Waals surface area contributed by atoms with Crippen LogP contribution in [0, 0.1) is 0 Å². The lowest BCUT2D eigenvalue weighted by Gasteiger charge is -2.27. The summed E-state index contributed by atoms with van der Waals surface area (Å²) in [7, 11) is 0. The van der Waals surface area contributed by atoms with Crippen LogP contribution in [0.2, 0.25) is 0 Å². The number of rotatable bonds is 2. The summed E-state index contributed by atoms with van der Waals surface area (Å²) in [5.74, 6) is 0.0151. The molecule has 0 unspecified atom stereocenters. The first-order valence-corrected chi connectivity index (χ1v) is 5.54. The number of hydrogen-bond acceptors (Lipinski definition) is 3. The third-order valence-electron chi connectivity index (χ3n) is 2.81. The van der Waals surface area contributed by atoms with Gasteiger partial charge in [-0.25, -0.2) is 0 Å². The van der Waals surface area contributed by atoms with E-state index in [4.69, 9.17) is 0 Å². The molecule has 0 spiro atoms. The number of carbonyl (C=O) groups is 1. The molecule has 0 bridgehead atoms. The van der Waals surface area contributed by atoms with Crippen molar-refractivity contribution in [3.05, 3.63) is 35.7 Å². The fourth-order valence-corrected chi connectivity index (χ4v) is 1.91. The largest absolute Gasteiger partial charge is 0.366 e. The Morgan fingerprint density at radius 2 is 2.25 bits per heavy atom. The summed E-state index contributed by atoms with van der Waals surface area (Å²) in [5.41, 5.74) is 3.02. The average molecular weight is 216 g/mol. The maximum Gasteiger partial charge on any atom is 0.178 e. The van der Waals surface area contributed by atoms with E-state index in [1.807, 2.05) is 6.07 Å². The molecule has 1 aliphatic rings. The van der Waals surface area contributed by atoms with Gasteiger partial charge in [-0.2, -0.15) is 0 Å². The van der Waals surface area contributed by atoms with E-state index < -0.39 is 0 Å². The SMILES string of the molecule is CC(=O)c1ccc(N2CCC=C(C)C2)cn1. The van der Waals surface area contributed by atoms with Gasteiger partial charge >= 0.3 is 0 Å². The van der Waals surface area contributed by atoms with E-state index in [2.05, 4.69) is 22.9 Å². The number of ketones is 1. The molecule has 0 radical (unpaired) electrons. The third kappa shape index (κ3) is 2.30. The molecular formula is C13H16N2O. The quantitative estimate of drug-likeness (QED) is 0.562. The molecule has 0 atom stereocenters. The Balaban J connectivity index is 2.16. The van der Waals surface area contributed by atoms with E-state index in [1.165, 1.54) is 12.5 Å². The van der Waals surface area contributed by atoms with Crippen molar-refractivity contribution < 1.29 is 4.79 Å². The van der Waals surface area contributed by atoms with Gasteiger partial charge in [0.15, 0.2) is 5.78 Å². The predicted molar refractivity (Wildman–Crippen MR) is 64.8 cm³/mol. The number of nitrogens with zero attached hydrogens (tertiary/aromatic N) is 2. The molecule has 3 nitrogen and oxygen atoms in total. The third-order valence-corrected chi connectivity index (χ3v) is 2.81. The van der Waals surface area contributed by atoms with Crippen LogP contribution in [0.5, 0.6) is 0 Å². The molecule has 0 amide bonds. The summed E-state index contributed by atoms with van der Waals surface area (Å²) in [4.78, 5) is 17.6. The monoisotopic (exact) mass is 216 g/mol. The van der Waals surface area contributed by atoms with Crippen LogP contribution in [-0.2, 0) is 0 Å². The standard InChI is InChI=1S/C13H16N2O/c1-10-4-3-7-15(9-10)12-5-6-13(11(2)16)14-8-12/h4-6,8H,3,7,9H2,1-2H3. The minimum absolute atomic E-state index is 0.0151. The van der Waals surface area contributed by atoms with E-state index in [0.29, 0.717) is 5.69 Å². The normalized spacial score (nSPS) is 15.9. The van der Waals surface area contributed by atoms with E-state index in [1.54, 1.807) is 12.3 Å². The van der Waals surface area contributed by atoms with E-state index in [9.17, 15) is 4.79 Å². The molecule has 1 aromatic rings. The van der Waals surface area contributed by atoms with Crippen LogP contribution >= 0.6 is 0 Å². The molecule has 2 rings (SSSR count). The van der Waals surface area contributed by atoms with Crippen molar-refractivity contribution in [2.75, 3.05) is 18.0 Å². The molecule has 2 heterocycles. The second-order valence-corrected chi connectivity index (χ2v) is 4.22. The fourth-order valence-electron chi connectivity index (χ4n) is 1.91. The Morgan fingerprint density at radius 1 is 1.44 bits per heavy atom. The molecule has 3 heteroatoms. The zero-order valence-electron chi connectivity index (χ0n) is 9.73. The number of hydrogen-bond donors (Lipinski definition) is 0. The highest BCUT2D eigenvalue weighted by Gasteiger charge is 2.11. The Kier molecular flexibility index (Phi) is 3.04. The predicted octanol–water partition coefficient (Wildman–Crippen LogP) is 2.44. The maximum absolute atomic E-state index is 11.1. The van der Waals surface area contributed by atoms with Crippen molar-refractivity contribution in [2.24, 2.45) is 0 Å². The number of Topliss-reactive ketones (excluding diaryl/α,β-unsaturated/α-hetero) is 1. The Morgan fingerprint density at radius 3 is 2.81 bits per heavy atom. The smallest absolute Gasteiger partial charge is 0.178 e. The molecule has 1 aliphatic heterocycles. The number of anilines is 1. The molecule has 0 aliphatic carbocycles. The molecule has 84 valence electrons. The molecule has 16 heavy (non-hydrogen) atoms. The van der Waals surface area contributed by atoms with Crippen molar-refractivity contribution in [1.29, 1.82) is 0 Å². The first-order chi connectivity index (χ1) is 7.66. The van der Waals surface area contributed by atoms with Crippen molar-refractivity contribution in [1.82, 2.24) is 4.98 Å². The molecular weight excluding hydrogens is 200 g/mol. The van der Waals surface area contributed by atoms with Crippen LogP contribution in [0.15, 0.2) is 30.0 Å². The minimum atomic E-state index is 0.0151. The minimum Gasteiger partial charge on any atom is -0.366 e. The van der Waals surface area contributed by atoms with Crippen molar-refractivity contribution in [3.8, 4) is 0 Å². The lowest BCUT2D eigenvalue weighted by Crippen LogP contribution is -2.29. The van der Waals surface area contributed by atoms with Gasteiger partial charge in [0, 0.05) is 20.0 Å². The molecule has 0 saturated heterocycles. The summed E-state index contributed by atoms with van der Waals surface area (Å²) < 4.78 is 0. The van der Waals surface area contributed by atoms with Gasteiger partial charge in [0.2, 0.25) is 0 Å². The van der Waals surface area contributed by atoms with Crippen LogP contribution in [0.25, 0.3) is 0 Å². The van der Waals surface area contributed by atoms with Gasteiger partial charge in [0.25, 0.3) is 0 Å². The van der Waals surface area contributed by atoms with Crippen LogP contribution in [-0.4, -0.2) is 23.9 Å². The summed E-state index contributed by atoms with van der Waals surface area (Å²) in [6, 6.07) is 3.77. The van der Waals surface area contributed by atoms with Gasteiger partial charge in [-0.1, -0.05) is 11.6 Å². The Bertz CT molecular complexity index is 420. The highest BCUT2D eigenvalue weighted by Crippen LogP contribution is 2.18. The van der Waals surface area contributed by atoms with E-state index in [-0.39, 0.29) is 5.78 Å². The second kappa shape index (κ2) is 4.47. The molecule has 1 aromatic heterocycles. The van der Waals surface area contributed by atoms with Gasteiger partial charge in [0.1, 0.15) is 5.69 Å². The van der Waals surface area contributed by atoms with Gasteiger partial charge in [-0.05, 0) is 25.5 Å². The first-order valence-electron chi connectivity index (χ1n) is 5.54. The van der Waals surface area contributed by atoms with Crippen molar-refractivity contribution in [3.63, 3.8) is 0 Å². The van der Waals surface area contributed by atoms with Gasteiger partial charge in [-0.15, -0.1) is 0 Å². The summed E-state index contributed by atoms with van der Waals surface area (Å²) in [5, 5.41) is 0. The summed E-state index contributed by atoms with van der Waals surface area (Å²) >= 11 is 0. The van der Waals surface area contributed by atoms with Gasteiger partial charge in [0.05, 0.1) is 11.9 Å². The lowest BCUT2D eigenvalue weighted by atomic mass is 10.1. The van der Waals surface area contributed by atoms with Gasteiger partial charge < -0.3 is 4.90 Å². The zero-order chi connectivity index (χ0) is 11.5. The fraction of sp³-hybridized carbons (Fsp3) is 0.385. The highest BCUT2D eigenvalue weighted by molar-refractivity contribution is 5.92. The number of pyridine rings is 1. The van der Waals surface area contributed by atoms with Crippen LogP contribution in [0.1, 0.15) is 30.8 Å². The Hall–Kier alpha value is -1.64. The van der Waals surface area contributed by atoms with Crippen LogP contribution in [0.3, 0.4) is 0 Å². The molecule has 0 saturated carbocycles. The average Bonchev–Trinajstić information content (AvgIpc) is 2.29. The Labute approximate surface area is 95.8 Å². The first kappa shape index (κ1) is 10.9. The number of aromatic nitrogens is 1. The maximum atomic E-state index is 11.1. The number of carbonyl (C=O) groups excluding carboxylic acids is 1. The zero-order valence-corrected chi connectivity index (χ0v) is 9.73. The van der Waals surface area contributed by atoms with Gasteiger partial charge in [-0.3, -0.25) is 9.78 Å². The van der Waals surface area contributed by atoms with E-state index in [0.717, 1.165) is 25.2 Å². The topological polar surface area (TPSA) is 33.2 Å². The van der Waals surface area contributed by atoms with Crippen LogP contribution < -0.4 is 4.90 Å². The molecule has 0 fully saturated rings. The summed E-state index contributed by atoms with van der Waals surface area (Å²) in [6.45, 7) is 5.67. The highest BCUT2D eigenvalue weighted by atomic mass is 16.1. The van der Waals surface area contributed by atoms with Crippen LogP contribution in [0.4, 0.5) is 5.69 Å². The van der Waals surface area contributed by atoms with Crippen molar-refractivity contribution in [2.45, 2.75) is 20.3 Å². The lowest BCUT2D eigenvalue weighted by molar-refractivity contribution is 0.101. The van der Waals surface area contributed by atoms with E-state index >= 15 is 0 Å². The summed E-state index contributed by atoms with van der Waals surface area (Å²) in [6.07, 6.45) is 5.14. The second-order valence-electron chi connectivity index (χ2n) is 4.22. The van der Waals surface area contributed by atoms with Crippen molar-refractivity contribution >= 4 is 11.5 Å².